The van der Waals surface area contributed by atoms with Crippen molar-refractivity contribution in [2.45, 2.75) is 78.9 Å². The number of nitrogens with one attached hydrogen (secondary N) is 1. The Morgan fingerprint density at radius 2 is 1.84 bits per heavy atom. The van der Waals surface area contributed by atoms with Crippen LogP contribution < -0.4 is 5.32 Å². The summed E-state index contributed by atoms with van der Waals surface area (Å²) < 4.78 is 5.33. The number of ether oxygens (including phenoxy) is 1. The van der Waals surface area contributed by atoms with Crippen molar-refractivity contribution in [3.05, 3.63) is 0 Å². The van der Waals surface area contributed by atoms with Crippen molar-refractivity contribution in [1.82, 2.24) is 5.32 Å². The zero-order chi connectivity index (χ0) is 14.5. The molecule has 19 heavy (non-hydrogen) atoms. The maximum atomic E-state index is 11.7. The third kappa shape index (κ3) is 5.52. The molecule has 0 unspecified atom stereocenters. The van der Waals surface area contributed by atoms with E-state index in [1.165, 1.54) is 19.3 Å². The summed E-state index contributed by atoms with van der Waals surface area (Å²) in [5.74, 6) is 0.837. The summed E-state index contributed by atoms with van der Waals surface area (Å²) in [5.41, 5.74) is 0.440. The predicted molar refractivity (Wildman–Crippen MR) is 79.0 cm³/mol. The first kappa shape index (κ1) is 16.5. The van der Waals surface area contributed by atoms with E-state index in [1.54, 1.807) is 0 Å². The fourth-order valence-corrected chi connectivity index (χ4v) is 2.82. The van der Waals surface area contributed by atoms with Gasteiger partial charge < -0.3 is 10.1 Å². The van der Waals surface area contributed by atoms with E-state index in [0.29, 0.717) is 11.5 Å². The van der Waals surface area contributed by atoms with E-state index in [-0.39, 0.29) is 18.6 Å². The highest BCUT2D eigenvalue weighted by atomic mass is 16.5. The number of hydrogen-bond acceptors (Lipinski definition) is 2. The molecule has 1 N–H and O–H groups in total. The summed E-state index contributed by atoms with van der Waals surface area (Å²) in [7, 11) is 0. The van der Waals surface area contributed by atoms with Gasteiger partial charge in [0.05, 0.1) is 6.10 Å². The Labute approximate surface area is 118 Å². The van der Waals surface area contributed by atoms with Crippen molar-refractivity contribution in [3.8, 4) is 0 Å². The molecule has 3 nitrogen and oxygen atoms in total. The van der Waals surface area contributed by atoms with Crippen LogP contribution in [0.4, 0.5) is 0 Å². The minimum atomic E-state index is 0.0342. The molecule has 0 aromatic heterocycles. The van der Waals surface area contributed by atoms with Gasteiger partial charge in [0.1, 0.15) is 6.61 Å². The number of amides is 1. The molecule has 1 fully saturated rings. The van der Waals surface area contributed by atoms with Crippen molar-refractivity contribution < 1.29 is 9.53 Å². The summed E-state index contributed by atoms with van der Waals surface area (Å²) in [4.78, 5) is 11.7. The molecule has 1 aliphatic carbocycles. The second kappa shape index (κ2) is 7.28. The van der Waals surface area contributed by atoms with E-state index in [9.17, 15) is 4.79 Å². The second-order valence-electron chi connectivity index (χ2n) is 6.82. The van der Waals surface area contributed by atoms with Gasteiger partial charge in [-0.05, 0) is 50.9 Å². The van der Waals surface area contributed by atoms with Gasteiger partial charge in [-0.2, -0.15) is 0 Å². The fourth-order valence-electron chi connectivity index (χ4n) is 2.82. The predicted octanol–water partition coefficient (Wildman–Crippen LogP) is 3.52. The molecule has 1 rings (SSSR count). The van der Waals surface area contributed by atoms with Crippen LogP contribution in [0.25, 0.3) is 0 Å². The van der Waals surface area contributed by atoms with Crippen molar-refractivity contribution in [1.29, 1.82) is 0 Å². The zero-order valence-electron chi connectivity index (χ0n) is 13.3. The molecule has 0 bridgehead atoms. The summed E-state index contributed by atoms with van der Waals surface area (Å²) in [6, 6.07) is 0.354. The van der Waals surface area contributed by atoms with Crippen molar-refractivity contribution in [2.24, 2.45) is 11.3 Å². The van der Waals surface area contributed by atoms with Gasteiger partial charge >= 0.3 is 0 Å². The van der Waals surface area contributed by atoms with E-state index in [4.69, 9.17) is 4.74 Å². The topological polar surface area (TPSA) is 38.3 Å². The van der Waals surface area contributed by atoms with Gasteiger partial charge in [0, 0.05) is 6.04 Å². The first-order valence-electron chi connectivity index (χ1n) is 7.76. The van der Waals surface area contributed by atoms with Crippen molar-refractivity contribution in [2.75, 3.05) is 6.61 Å². The molecule has 1 saturated carbocycles. The molecule has 1 aliphatic rings. The SMILES string of the molecule is CCC(C)(C)C1CCC(NC(=O)COC(C)C)CC1. The maximum absolute atomic E-state index is 11.7. The van der Waals surface area contributed by atoms with Crippen LogP contribution in [0, 0.1) is 11.3 Å². The smallest absolute Gasteiger partial charge is 0.246 e. The molecule has 0 radical (unpaired) electrons. The zero-order valence-corrected chi connectivity index (χ0v) is 13.3. The van der Waals surface area contributed by atoms with Gasteiger partial charge in [-0.15, -0.1) is 0 Å². The Balaban J connectivity index is 2.28. The summed E-state index contributed by atoms with van der Waals surface area (Å²) >= 11 is 0. The third-order valence-electron chi connectivity index (χ3n) is 4.66. The average molecular weight is 269 g/mol. The van der Waals surface area contributed by atoms with Crippen molar-refractivity contribution >= 4 is 5.91 Å². The molecule has 0 saturated heterocycles. The Bertz CT molecular complexity index is 278. The van der Waals surface area contributed by atoms with Crippen LogP contribution in [0.2, 0.25) is 0 Å². The lowest BCUT2D eigenvalue weighted by atomic mass is 9.69. The standard InChI is InChI=1S/C16H31NO2/c1-6-16(4,5)13-7-9-14(10-8-13)17-15(18)11-19-12(2)3/h12-14H,6-11H2,1-5H3,(H,17,18). The van der Waals surface area contributed by atoms with Crippen LogP contribution in [0.3, 0.4) is 0 Å². The molecule has 112 valence electrons. The molecular weight excluding hydrogens is 238 g/mol. The number of carbonyl (C=O) groups is 1. The number of hydrogen-bond donors (Lipinski definition) is 1. The lowest BCUT2D eigenvalue weighted by molar-refractivity contribution is -0.128. The molecule has 0 aromatic rings. The highest BCUT2D eigenvalue weighted by Crippen LogP contribution is 2.40. The van der Waals surface area contributed by atoms with Crippen LogP contribution >= 0.6 is 0 Å². The fraction of sp³-hybridized carbons (Fsp3) is 0.938. The molecular formula is C16H31NO2. The van der Waals surface area contributed by atoms with Gasteiger partial charge in [-0.3, -0.25) is 4.79 Å². The van der Waals surface area contributed by atoms with Gasteiger partial charge in [-0.1, -0.05) is 27.2 Å². The second-order valence-corrected chi connectivity index (χ2v) is 6.82. The van der Waals surface area contributed by atoms with Crippen LogP contribution in [0.1, 0.15) is 66.7 Å². The molecule has 0 aliphatic heterocycles. The average Bonchev–Trinajstić information content (AvgIpc) is 2.37. The molecule has 3 heteroatoms. The lowest BCUT2D eigenvalue weighted by Gasteiger charge is -2.39. The highest BCUT2D eigenvalue weighted by molar-refractivity contribution is 5.77. The molecule has 0 heterocycles. The maximum Gasteiger partial charge on any atom is 0.246 e. The largest absolute Gasteiger partial charge is 0.369 e. The molecule has 0 atom stereocenters. The number of carbonyl (C=O) groups excluding carboxylic acids is 1. The summed E-state index contributed by atoms with van der Waals surface area (Å²) in [5, 5.41) is 3.10. The lowest BCUT2D eigenvalue weighted by Crippen LogP contribution is -2.41. The van der Waals surface area contributed by atoms with Crippen LogP contribution in [-0.4, -0.2) is 24.7 Å². The van der Waals surface area contributed by atoms with Crippen LogP contribution in [0.15, 0.2) is 0 Å². The first-order valence-corrected chi connectivity index (χ1v) is 7.76. The van der Waals surface area contributed by atoms with E-state index in [1.807, 2.05) is 13.8 Å². The normalized spacial score (nSPS) is 24.5. The quantitative estimate of drug-likeness (QED) is 0.801. The van der Waals surface area contributed by atoms with E-state index in [2.05, 4.69) is 26.1 Å². The minimum Gasteiger partial charge on any atom is -0.369 e. The summed E-state index contributed by atoms with van der Waals surface area (Å²) in [6.45, 7) is 11.1. The van der Waals surface area contributed by atoms with Gasteiger partial charge in [0.2, 0.25) is 5.91 Å². The Morgan fingerprint density at radius 1 is 1.26 bits per heavy atom. The van der Waals surface area contributed by atoms with E-state index in [0.717, 1.165) is 18.8 Å². The summed E-state index contributed by atoms with van der Waals surface area (Å²) in [6.07, 6.45) is 6.04. The third-order valence-corrected chi connectivity index (χ3v) is 4.66. The minimum absolute atomic E-state index is 0.0342. The number of rotatable bonds is 6. The van der Waals surface area contributed by atoms with E-state index < -0.39 is 0 Å². The van der Waals surface area contributed by atoms with Crippen LogP contribution in [0.5, 0.6) is 0 Å². The van der Waals surface area contributed by atoms with Crippen LogP contribution in [-0.2, 0) is 9.53 Å². The Morgan fingerprint density at radius 3 is 2.32 bits per heavy atom. The molecule has 0 spiro atoms. The highest BCUT2D eigenvalue weighted by Gasteiger charge is 2.32. The van der Waals surface area contributed by atoms with Gasteiger partial charge in [-0.25, -0.2) is 0 Å². The Kier molecular flexibility index (Phi) is 6.31. The van der Waals surface area contributed by atoms with Crippen molar-refractivity contribution in [3.63, 3.8) is 0 Å². The molecule has 1 amide bonds. The molecule has 0 aromatic carbocycles. The van der Waals surface area contributed by atoms with E-state index >= 15 is 0 Å². The first-order chi connectivity index (χ1) is 8.85. The Hall–Kier alpha value is -0.570. The van der Waals surface area contributed by atoms with Gasteiger partial charge in [0.15, 0.2) is 0 Å². The monoisotopic (exact) mass is 269 g/mol. The van der Waals surface area contributed by atoms with Gasteiger partial charge in [0.25, 0.3) is 0 Å².